The Hall–Kier alpha value is -2.57. The van der Waals surface area contributed by atoms with Gasteiger partial charge >= 0.3 is 0 Å². The Morgan fingerprint density at radius 3 is 2.03 bits per heavy atom. The number of nitrogens with two attached hydrogens (primary N) is 1. The molecule has 3 fully saturated rings. The van der Waals surface area contributed by atoms with E-state index in [-0.39, 0.29) is 18.4 Å². The normalized spacial score (nSPS) is 23.5. The third-order valence-corrected chi connectivity index (χ3v) is 9.46. The van der Waals surface area contributed by atoms with Crippen LogP contribution in [0.5, 0.6) is 5.75 Å². The van der Waals surface area contributed by atoms with Crippen molar-refractivity contribution in [2.45, 2.75) is 95.4 Å². The number of amides is 2. The summed E-state index contributed by atoms with van der Waals surface area (Å²) in [7, 11) is 0. The predicted octanol–water partition coefficient (Wildman–Crippen LogP) is 5.14. The van der Waals surface area contributed by atoms with Crippen LogP contribution >= 0.6 is 0 Å². The Labute approximate surface area is 228 Å². The molecule has 0 spiro atoms. The zero-order valence-corrected chi connectivity index (χ0v) is 23.0. The second-order valence-corrected chi connectivity index (χ2v) is 12.3. The fourth-order valence-electron chi connectivity index (χ4n) is 7.32. The maximum Gasteiger partial charge on any atom is 0.260 e. The highest BCUT2D eigenvalue weighted by Crippen LogP contribution is 2.42. The van der Waals surface area contributed by atoms with E-state index in [2.05, 4.69) is 0 Å². The third kappa shape index (κ3) is 6.52. The SMILES string of the molecule is NC1=NC(CC2CCCCC2)(CC2CCCCC2)C(=O)N1CC1CCN(C(=O)COc2ccccc2)CC1. The summed E-state index contributed by atoms with van der Waals surface area (Å²) in [4.78, 5) is 35.5. The summed E-state index contributed by atoms with van der Waals surface area (Å²) < 4.78 is 5.65. The summed E-state index contributed by atoms with van der Waals surface area (Å²) >= 11 is 0. The summed E-state index contributed by atoms with van der Waals surface area (Å²) in [6.45, 7) is 2.06. The molecule has 2 amide bonds. The summed E-state index contributed by atoms with van der Waals surface area (Å²) in [5, 5.41) is 0. The van der Waals surface area contributed by atoms with E-state index in [9.17, 15) is 9.59 Å². The molecule has 5 rings (SSSR count). The van der Waals surface area contributed by atoms with Crippen LogP contribution in [0.2, 0.25) is 0 Å². The van der Waals surface area contributed by atoms with Crippen molar-refractivity contribution in [3.05, 3.63) is 30.3 Å². The molecule has 0 radical (unpaired) electrons. The first-order valence-electron chi connectivity index (χ1n) is 15.2. The van der Waals surface area contributed by atoms with Crippen LogP contribution in [-0.4, -0.2) is 59.4 Å². The van der Waals surface area contributed by atoms with Crippen molar-refractivity contribution in [3.8, 4) is 5.75 Å². The maximum atomic E-state index is 14.1. The number of likely N-dealkylation sites (tertiary alicyclic amines) is 1. The number of carbonyl (C=O) groups is 2. The first kappa shape index (κ1) is 27.0. The summed E-state index contributed by atoms with van der Waals surface area (Å²) in [6.07, 6.45) is 16.1. The lowest BCUT2D eigenvalue weighted by Crippen LogP contribution is -2.49. The van der Waals surface area contributed by atoms with Gasteiger partial charge < -0.3 is 15.4 Å². The summed E-state index contributed by atoms with van der Waals surface area (Å²) in [6, 6.07) is 9.46. The van der Waals surface area contributed by atoms with Crippen molar-refractivity contribution in [2.75, 3.05) is 26.2 Å². The Kier molecular flexibility index (Phi) is 8.90. The van der Waals surface area contributed by atoms with Crippen molar-refractivity contribution in [2.24, 2.45) is 28.5 Å². The maximum absolute atomic E-state index is 14.1. The summed E-state index contributed by atoms with van der Waals surface area (Å²) in [5.41, 5.74) is 5.86. The van der Waals surface area contributed by atoms with Gasteiger partial charge in [-0.15, -0.1) is 0 Å². The number of hydrogen-bond acceptors (Lipinski definition) is 5. The van der Waals surface area contributed by atoms with Gasteiger partial charge in [-0.3, -0.25) is 14.5 Å². The van der Waals surface area contributed by atoms with E-state index in [1.165, 1.54) is 64.2 Å². The van der Waals surface area contributed by atoms with Gasteiger partial charge in [0.05, 0.1) is 0 Å². The largest absolute Gasteiger partial charge is 0.484 e. The molecule has 2 heterocycles. The van der Waals surface area contributed by atoms with E-state index in [0.29, 0.717) is 49.1 Å². The van der Waals surface area contributed by atoms with Crippen LogP contribution in [0.25, 0.3) is 0 Å². The monoisotopic (exact) mass is 522 g/mol. The van der Waals surface area contributed by atoms with Crippen molar-refractivity contribution >= 4 is 17.8 Å². The molecule has 0 unspecified atom stereocenters. The number of aliphatic imine (C=N–C) groups is 1. The Morgan fingerprint density at radius 2 is 1.45 bits per heavy atom. The minimum Gasteiger partial charge on any atom is -0.484 e. The molecule has 4 aliphatic rings. The van der Waals surface area contributed by atoms with Crippen LogP contribution in [0, 0.1) is 17.8 Å². The van der Waals surface area contributed by atoms with Crippen LogP contribution in [0.1, 0.15) is 89.9 Å². The molecule has 7 heteroatoms. The Morgan fingerprint density at radius 1 is 0.868 bits per heavy atom. The number of rotatable bonds is 9. The zero-order chi connectivity index (χ0) is 26.4. The minimum atomic E-state index is -0.653. The van der Waals surface area contributed by atoms with Crippen LogP contribution in [0.4, 0.5) is 0 Å². The Balaban J connectivity index is 1.17. The Bertz CT molecular complexity index is 941. The van der Waals surface area contributed by atoms with Gasteiger partial charge in [-0.25, -0.2) is 4.99 Å². The molecule has 2 aliphatic heterocycles. The number of guanidine groups is 1. The molecule has 208 valence electrons. The smallest absolute Gasteiger partial charge is 0.260 e. The van der Waals surface area contributed by atoms with E-state index in [4.69, 9.17) is 15.5 Å². The number of benzene rings is 1. The molecule has 2 saturated carbocycles. The molecule has 1 aromatic rings. The lowest BCUT2D eigenvalue weighted by molar-refractivity contribution is -0.136. The molecule has 0 bridgehead atoms. The second-order valence-electron chi connectivity index (χ2n) is 12.3. The van der Waals surface area contributed by atoms with Gasteiger partial charge in [-0.2, -0.15) is 0 Å². The fourth-order valence-corrected chi connectivity index (χ4v) is 7.32. The first-order valence-corrected chi connectivity index (χ1v) is 15.2. The quantitative estimate of drug-likeness (QED) is 0.486. The molecule has 1 aromatic carbocycles. The second kappa shape index (κ2) is 12.5. The van der Waals surface area contributed by atoms with E-state index in [1.54, 1.807) is 0 Å². The fraction of sp³-hybridized carbons (Fsp3) is 0.710. The van der Waals surface area contributed by atoms with Crippen LogP contribution < -0.4 is 10.5 Å². The van der Waals surface area contributed by atoms with Crippen LogP contribution in [0.15, 0.2) is 35.3 Å². The van der Waals surface area contributed by atoms with Crippen molar-refractivity contribution in [3.63, 3.8) is 0 Å². The molecule has 0 atom stereocenters. The highest BCUT2D eigenvalue weighted by molar-refractivity contribution is 6.06. The highest BCUT2D eigenvalue weighted by Gasteiger charge is 2.50. The number of para-hydroxylation sites is 1. The van der Waals surface area contributed by atoms with E-state index >= 15 is 0 Å². The van der Waals surface area contributed by atoms with Gasteiger partial charge in [0.15, 0.2) is 12.6 Å². The molecular weight excluding hydrogens is 476 g/mol. The number of ether oxygens (including phenoxy) is 1. The molecule has 0 aromatic heterocycles. The topological polar surface area (TPSA) is 88.2 Å². The highest BCUT2D eigenvalue weighted by atomic mass is 16.5. The van der Waals surface area contributed by atoms with Gasteiger partial charge in [-0.1, -0.05) is 82.4 Å². The number of hydrogen-bond donors (Lipinski definition) is 1. The predicted molar refractivity (Wildman–Crippen MR) is 150 cm³/mol. The molecule has 2 aliphatic carbocycles. The van der Waals surface area contributed by atoms with E-state index in [1.807, 2.05) is 40.1 Å². The van der Waals surface area contributed by atoms with Crippen molar-refractivity contribution in [1.29, 1.82) is 0 Å². The van der Waals surface area contributed by atoms with E-state index < -0.39 is 5.54 Å². The molecule has 2 N–H and O–H groups in total. The van der Waals surface area contributed by atoms with Gasteiger partial charge in [-0.05, 0) is 55.6 Å². The zero-order valence-electron chi connectivity index (χ0n) is 23.0. The molecule has 7 nitrogen and oxygen atoms in total. The third-order valence-electron chi connectivity index (χ3n) is 9.46. The van der Waals surface area contributed by atoms with E-state index in [0.717, 1.165) is 25.7 Å². The number of carbonyl (C=O) groups excluding carboxylic acids is 2. The minimum absolute atomic E-state index is 0.0182. The van der Waals surface area contributed by atoms with Crippen molar-refractivity contribution in [1.82, 2.24) is 9.80 Å². The van der Waals surface area contributed by atoms with Gasteiger partial charge in [0.2, 0.25) is 0 Å². The molecule has 38 heavy (non-hydrogen) atoms. The average Bonchev–Trinajstić information content (AvgIpc) is 3.17. The van der Waals surface area contributed by atoms with Crippen LogP contribution in [-0.2, 0) is 9.59 Å². The molecule has 1 saturated heterocycles. The lowest BCUT2D eigenvalue weighted by Gasteiger charge is -2.36. The average molecular weight is 523 g/mol. The number of piperidine rings is 1. The van der Waals surface area contributed by atoms with Crippen LogP contribution in [0.3, 0.4) is 0 Å². The van der Waals surface area contributed by atoms with Gasteiger partial charge in [0.1, 0.15) is 11.3 Å². The number of nitrogens with zero attached hydrogens (tertiary/aromatic N) is 3. The molecular formula is C31H46N4O3. The lowest BCUT2D eigenvalue weighted by atomic mass is 9.73. The van der Waals surface area contributed by atoms with Gasteiger partial charge in [0, 0.05) is 19.6 Å². The first-order chi connectivity index (χ1) is 18.5. The van der Waals surface area contributed by atoms with Gasteiger partial charge in [0.25, 0.3) is 11.8 Å². The van der Waals surface area contributed by atoms with Crippen molar-refractivity contribution < 1.29 is 14.3 Å². The standard InChI is InChI=1S/C31H46N4O3/c32-30-33-31(20-24-10-4-1-5-11-24,21-25-12-6-2-7-13-25)29(37)35(30)22-26-16-18-34(19-17-26)28(36)23-38-27-14-8-3-9-15-27/h3,8-9,14-15,24-26H,1-2,4-7,10-13,16-23H2,(H2,32,33). The summed E-state index contributed by atoms with van der Waals surface area (Å²) in [5.74, 6) is 2.80.